The van der Waals surface area contributed by atoms with Gasteiger partial charge in [0.05, 0.1) is 0 Å². The predicted octanol–water partition coefficient (Wildman–Crippen LogP) is 2.48. The lowest BCUT2D eigenvalue weighted by atomic mass is 9.89. The van der Waals surface area contributed by atoms with Gasteiger partial charge in [-0.3, -0.25) is 4.79 Å². The number of aliphatic hydroxyl groups excluding tert-OH is 1. The van der Waals surface area contributed by atoms with Crippen LogP contribution in [0.2, 0.25) is 0 Å². The molecular formula is C14H27NO2. The zero-order valence-electron chi connectivity index (χ0n) is 11.2. The Morgan fingerprint density at radius 2 is 1.88 bits per heavy atom. The predicted molar refractivity (Wildman–Crippen MR) is 69.7 cm³/mol. The average molecular weight is 241 g/mol. The quantitative estimate of drug-likeness (QED) is 0.750. The molecule has 2 N–H and O–H groups in total. The monoisotopic (exact) mass is 241 g/mol. The van der Waals surface area contributed by atoms with Crippen LogP contribution in [0.4, 0.5) is 0 Å². The molecule has 0 aromatic heterocycles. The fraction of sp³-hybridized carbons (Fsp3) is 0.929. The van der Waals surface area contributed by atoms with E-state index in [0.29, 0.717) is 18.3 Å². The van der Waals surface area contributed by atoms with Gasteiger partial charge in [0.2, 0.25) is 5.91 Å². The van der Waals surface area contributed by atoms with E-state index in [4.69, 9.17) is 0 Å². The molecule has 0 aromatic rings. The molecule has 1 amide bonds. The highest BCUT2D eigenvalue weighted by molar-refractivity contribution is 5.80. The molecule has 1 saturated carbocycles. The van der Waals surface area contributed by atoms with Gasteiger partial charge >= 0.3 is 0 Å². The van der Waals surface area contributed by atoms with Crippen molar-refractivity contribution in [2.24, 2.45) is 11.8 Å². The summed E-state index contributed by atoms with van der Waals surface area (Å²) in [6.45, 7) is 4.96. The highest BCUT2D eigenvalue weighted by Crippen LogP contribution is 2.22. The summed E-state index contributed by atoms with van der Waals surface area (Å²) in [4.78, 5) is 11.6. The van der Waals surface area contributed by atoms with Gasteiger partial charge in [0, 0.05) is 6.54 Å². The number of carbonyl (C=O) groups excluding carboxylic acids is 1. The van der Waals surface area contributed by atoms with Crippen LogP contribution >= 0.6 is 0 Å². The van der Waals surface area contributed by atoms with Crippen molar-refractivity contribution in [3.8, 4) is 0 Å². The summed E-state index contributed by atoms with van der Waals surface area (Å²) in [6.07, 6.45) is 7.02. The van der Waals surface area contributed by atoms with Crippen molar-refractivity contribution in [2.45, 2.75) is 64.9 Å². The van der Waals surface area contributed by atoms with Gasteiger partial charge in [-0.1, -0.05) is 33.1 Å². The first-order valence-electron chi connectivity index (χ1n) is 7.05. The van der Waals surface area contributed by atoms with Gasteiger partial charge in [-0.2, -0.15) is 0 Å². The first-order valence-corrected chi connectivity index (χ1v) is 7.05. The zero-order chi connectivity index (χ0) is 12.7. The summed E-state index contributed by atoms with van der Waals surface area (Å²) in [5, 5.41) is 12.6. The standard InChI is InChI=1S/C14H27NO2/c1-11(2)8-9-13(16)14(17)15-10-12-6-4-3-5-7-12/h11-13,16H,3-10H2,1-2H3,(H,15,17)/t13-/m0/s1. The highest BCUT2D eigenvalue weighted by Gasteiger charge is 2.18. The molecule has 0 heterocycles. The summed E-state index contributed by atoms with van der Waals surface area (Å²) in [5.74, 6) is 0.983. The molecule has 0 bridgehead atoms. The SMILES string of the molecule is CC(C)CC[C@H](O)C(=O)NCC1CCCCC1. The number of aliphatic hydroxyl groups is 1. The summed E-state index contributed by atoms with van der Waals surface area (Å²) in [5.41, 5.74) is 0. The number of rotatable bonds is 6. The average Bonchev–Trinajstić information content (AvgIpc) is 2.34. The molecule has 1 aliphatic carbocycles. The van der Waals surface area contributed by atoms with Crippen LogP contribution in [0.25, 0.3) is 0 Å². The first-order chi connectivity index (χ1) is 8.09. The van der Waals surface area contributed by atoms with Crippen LogP contribution in [0.15, 0.2) is 0 Å². The Balaban J connectivity index is 2.14. The van der Waals surface area contributed by atoms with Gasteiger partial charge in [0.15, 0.2) is 0 Å². The Kier molecular flexibility index (Phi) is 6.56. The van der Waals surface area contributed by atoms with Crippen molar-refractivity contribution in [1.82, 2.24) is 5.32 Å². The number of hydrogen-bond acceptors (Lipinski definition) is 2. The highest BCUT2D eigenvalue weighted by atomic mass is 16.3. The minimum atomic E-state index is -0.819. The molecule has 3 heteroatoms. The molecule has 0 aliphatic heterocycles. The lowest BCUT2D eigenvalue weighted by Gasteiger charge is -2.22. The summed E-state index contributed by atoms with van der Waals surface area (Å²) >= 11 is 0. The third-order valence-corrected chi connectivity index (χ3v) is 3.61. The Morgan fingerprint density at radius 1 is 1.24 bits per heavy atom. The van der Waals surface area contributed by atoms with Crippen LogP contribution in [-0.4, -0.2) is 23.7 Å². The van der Waals surface area contributed by atoms with Gasteiger partial charge < -0.3 is 10.4 Å². The van der Waals surface area contributed by atoms with Gasteiger partial charge in [-0.25, -0.2) is 0 Å². The molecule has 0 aromatic carbocycles. The Hall–Kier alpha value is -0.570. The largest absolute Gasteiger partial charge is 0.383 e. The van der Waals surface area contributed by atoms with Gasteiger partial charge in [-0.15, -0.1) is 0 Å². The zero-order valence-corrected chi connectivity index (χ0v) is 11.2. The molecule has 1 aliphatic rings. The van der Waals surface area contributed by atoms with Crippen molar-refractivity contribution in [3.05, 3.63) is 0 Å². The molecule has 0 unspecified atom stereocenters. The van der Waals surface area contributed by atoms with Gasteiger partial charge in [-0.05, 0) is 37.5 Å². The maximum Gasteiger partial charge on any atom is 0.248 e. The summed E-state index contributed by atoms with van der Waals surface area (Å²) < 4.78 is 0. The van der Waals surface area contributed by atoms with Gasteiger partial charge in [0.1, 0.15) is 6.10 Å². The molecule has 1 rings (SSSR count). The molecule has 1 fully saturated rings. The Bertz CT molecular complexity index is 222. The molecule has 0 radical (unpaired) electrons. The van der Waals surface area contributed by atoms with Crippen molar-refractivity contribution in [2.75, 3.05) is 6.54 Å². The van der Waals surface area contributed by atoms with Crippen LogP contribution in [0.3, 0.4) is 0 Å². The normalized spacial score (nSPS) is 19.3. The molecule has 17 heavy (non-hydrogen) atoms. The Morgan fingerprint density at radius 3 is 2.47 bits per heavy atom. The molecule has 1 atom stereocenters. The van der Waals surface area contributed by atoms with E-state index in [1.54, 1.807) is 0 Å². The lowest BCUT2D eigenvalue weighted by Crippen LogP contribution is -2.38. The van der Waals surface area contributed by atoms with Crippen LogP contribution in [0.5, 0.6) is 0 Å². The van der Waals surface area contributed by atoms with Crippen molar-refractivity contribution >= 4 is 5.91 Å². The molecular weight excluding hydrogens is 214 g/mol. The van der Waals surface area contributed by atoms with Crippen LogP contribution < -0.4 is 5.32 Å². The Labute approximate surface area is 105 Å². The second kappa shape index (κ2) is 7.70. The first kappa shape index (κ1) is 14.5. The number of carbonyl (C=O) groups is 1. The lowest BCUT2D eigenvalue weighted by molar-refractivity contribution is -0.130. The van der Waals surface area contributed by atoms with E-state index in [1.165, 1.54) is 32.1 Å². The fourth-order valence-corrected chi connectivity index (χ4v) is 2.38. The van der Waals surface area contributed by atoms with Gasteiger partial charge in [0.25, 0.3) is 0 Å². The smallest absolute Gasteiger partial charge is 0.248 e. The third kappa shape index (κ3) is 6.06. The van der Waals surface area contributed by atoms with E-state index in [9.17, 15) is 9.90 Å². The third-order valence-electron chi connectivity index (χ3n) is 3.61. The number of nitrogens with one attached hydrogen (secondary N) is 1. The molecule has 3 nitrogen and oxygen atoms in total. The number of hydrogen-bond donors (Lipinski definition) is 2. The van der Waals surface area contributed by atoms with Crippen LogP contribution in [0, 0.1) is 11.8 Å². The molecule has 0 spiro atoms. The van der Waals surface area contributed by atoms with E-state index >= 15 is 0 Å². The number of amides is 1. The maximum absolute atomic E-state index is 11.6. The fourth-order valence-electron chi connectivity index (χ4n) is 2.38. The van der Waals surface area contributed by atoms with Crippen LogP contribution in [-0.2, 0) is 4.79 Å². The van der Waals surface area contributed by atoms with Crippen molar-refractivity contribution in [3.63, 3.8) is 0 Å². The van der Waals surface area contributed by atoms with Crippen molar-refractivity contribution in [1.29, 1.82) is 0 Å². The topological polar surface area (TPSA) is 49.3 Å². The van der Waals surface area contributed by atoms with Crippen LogP contribution in [0.1, 0.15) is 58.8 Å². The van der Waals surface area contributed by atoms with E-state index in [2.05, 4.69) is 19.2 Å². The minimum absolute atomic E-state index is 0.184. The molecule has 0 saturated heterocycles. The van der Waals surface area contributed by atoms with E-state index in [0.717, 1.165) is 13.0 Å². The summed E-state index contributed by atoms with van der Waals surface area (Å²) in [7, 11) is 0. The van der Waals surface area contributed by atoms with E-state index < -0.39 is 6.10 Å². The second-order valence-corrected chi connectivity index (χ2v) is 5.74. The minimum Gasteiger partial charge on any atom is -0.383 e. The second-order valence-electron chi connectivity index (χ2n) is 5.74. The van der Waals surface area contributed by atoms with E-state index in [-0.39, 0.29) is 5.91 Å². The van der Waals surface area contributed by atoms with Crippen molar-refractivity contribution < 1.29 is 9.90 Å². The van der Waals surface area contributed by atoms with E-state index in [1.807, 2.05) is 0 Å². The maximum atomic E-state index is 11.6. The summed E-state index contributed by atoms with van der Waals surface area (Å²) in [6, 6.07) is 0. The molecule has 100 valence electrons.